The molecule has 0 bridgehead atoms. The number of aryl methyl sites for hydroxylation is 1. The van der Waals surface area contributed by atoms with Crippen LogP contribution < -0.4 is 10.1 Å². The van der Waals surface area contributed by atoms with Crippen molar-refractivity contribution in [2.24, 2.45) is 0 Å². The topological polar surface area (TPSA) is 51.2 Å². The van der Waals surface area contributed by atoms with Crippen LogP contribution in [0.15, 0.2) is 65.7 Å². The number of carbonyl (C=O) groups excluding carboxylic acids is 1. The van der Waals surface area contributed by atoms with E-state index in [1.54, 1.807) is 24.0 Å². The van der Waals surface area contributed by atoms with Crippen LogP contribution in [0.5, 0.6) is 11.6 Å². The number of amides is 1. The van der Waals surface area contributed by atoms with Crippen LogP contribution in [0.1, 0.15) is 21.5 Å². The van der Waals surface area contributed by atoms with Crippen molar-refractivity contribution < 1.29 is 13.9 Å². The fourth-order valence-corrected chi connectivity index (χ4v) is 2.89. The first kappa shape index (κ1) is 18.9. The van der Waals surface area contributed by atoms with E-state index in [2.05, 4.69) is 10.3 Å². The molecular weight excluding hydrogens is 363 g/mol. The maximum atomic E-state index is 12.9. The maximum Gasteiger partial charge on any atom is 0.251 e. The summed E-state index contributed by atoms with van der Waals surface area (Å²) in [6.45, 7) is 2.29. The molecule has 0 aliphatic rings. The first-order valence-electron chi connectivity index (χ1n) is 8.36. The van der Waals surface area contributed by atoms with E-state index < -0.39 is 0 Å². The molecule has 27 heavy (non-hydrogen) atoms. The van der Waals surface area contributed by atoms with Gasteiger partial charge in [-0.2, -0.15) is 0 Å². The molecule has 4 nitrogen and oxygen atoms in total. The summed E-state index contributed by atoms with van der Waals surface area (Å²) in [6, 6.07) is 15.1. The largest absolute Gasteiger partial charge is 0.439 e. The number of benzene rings is 2. The van der Waals surface area contributed by atoms with Crippen LogP contribution in [0.3, 0.4) is 0 Å². The van der Waals surface area contributed by atoms with Crippen molar-refractivity contribution in [2.45, 2.75) is 18.4 Å². The van der Waals surface area contributed by atoms with Crippen LogP contribution in [0, 0.1) is 12.7 Å². The Kier molecular flexibility index (Phi) is 6.08. The highest BCUT2D eigenvalue weighted by Crippen LogP contribution is 2.20. The molecule has 0 unspecified atom stereocenters. The number of nitrogens with zero attached hydrogens (tertiary/aromatic N) is 1. The summed E-state index contributed by atoms with van der Waals surface area (Å²) in [6.07, 6.45) is 3.62. The number of hydrogen-bond acceptors (Lipinski definition) is 4. The zero-order chi connectivity index (χ0) is 19.2. The van der Waals surface area contributed by atoms with E-state index in [1.165, 1.54) is 24.3 Å². The zero-order valence-corrected chi connectivity index (χ0v) is 15.8. The Labute approximate surface area is 161 Å². The van der Waals surface area contributed by atoms with Crippen LogP contribution in [0.4, 0.5) is 4.39 Å². The van der Waals surface area contributed by atoms with Crippen molar-refractivity contribution in [3.8, 4) is 11.6 Å². The predicted octanol–water partition coefficient (Wildman–Crippen LogP) is 4.97. The van der Waals surface area contributed by atoms with E-state index in [9.17, 15) is 9.18 Å². The lowest BCUT2D eigenvalue weighted by molar-refractivity contribution is 0.0950. The third-order valence-corrected chi connectivity index (χ3v) is 4.70. The summed E-state index contributed by atoms with van der Waals surface area (Å²) in [5.74, 6) is 0.476. The molecule has 1 heterocycles. The predicted molar refractivity (Wildman–Crippen MR) is 105 cm³/mol. The first-order chi connectivity index (χ1) is 13.0. The normalized spacial score (nSPS) is 10.5. The third kappa shape index (κ3) is 5.08. The van der Waals surface area contributed by atoms with Crippen molar-refractivity contribution in [1.29, 1.82) is 0 Å². The van der Waals surface area contributed by atoms with Crippen LogP contribution in [-0.4, -0.2) is 17.1 Å². The number of hydrogen-bond donors (Lipinski definition) is 1. The van der Waals surface area contributed by atoms with Crippen molar-refractivity contribution in [3.05, 3.63) is 83.3 Å². The Balaban J connectivity index is 1.60. The van der Waals surface area contributed by atoms with Gasteiger partial charge in [0.05, 0.1) is 0 Å². The lowest BCUT2D eigenvalue weighted by Crippen LogP contribution is -2.23. The molecule has 0 aliphatic carbocycles. The molecule has 0 aliphatic heterocycles. The number of aromatic nitrogens is 1. The second-order valence-corrected chi connectivity index (χ2v) is 6.80. The Morgan fingerprint density at radius 2 is 1.93 bits per heavy atom. The van der Waals surface area contributed by atoms with E-state index in [4.69, 9.17) is 4.74 Å². The van der Waals surface area contributed by atoms with Gasteiger partial charge in [-0.25, -0.2) is 9.37 Å². The van der Waals surface area contributed by atoms with Crippen LogP contribution >= 0.6 is 11.8 Å². The minimum Gasteiger partial charge on any atom is -0.439 e. The van der Waals surface area contributed by atoms with Crippen LogP contribution in [0.25, 0.3) is 0 Å². The van der Waals surface area contributed by atoms with Gasteiger partial charge in [0.2, 0.25) is 5.88 Å². The van der Waals surface area contributed by atoms with Gasteiger partial charge in [0.25, 0.3) is 5.91 Å². The average Bonchev–Trinajstić information content (AvgIpc) is 2.69. The van der Waals surface area contributed by atoms with Gasteiger partial charge in [-0.05, 0) is 60.7 Å². The van der Waals surface area contributed by atoms with E-state index >= 15 is 0 Å². The Bertz CT molecular complexity index is 928. The van der Waals surface area contributed by atoms with Crippen molar-refractivity contribution in [3.63, 3.8) is 0 Å². The van der Waals surface area contributed by atoms with Gasteiger partial charge in [0, 0.05) is 29.3 Å². The molecule has 2 aromatic carbocycles. The van der Waals surface area contributed by atoms with E-state index in [1.807, 2.05) is 37.4 Å². The number of thioether (sulfide) groups is 1. The zero-order valence-electron chi connectivity index (χ0n) is 15.0. The molecule has 3 rings (SSSR count). The van der Waals surface area contributed by atoms with Gasteiger partial charge >= 0.3 is 0 Å². The lowest BCUT2D eigenvalue weighted by atomic mass is 10.1. The van der Waals surface area contributed by atoms with Gasteiger partial charge in [-0.3, -0.25) is 4.79 Å². The molecule has 6 heteroatoms. The highest BCUT2D eigenvalue weighted by Gasteiger charge is 2.10. The molecule has 138 valence electrons. The number of ether oxygens (including phenoxy) is 1. The van der Waals surface area contributed by atoms with E-state index in [0.29, 0.717) is 23.7 Å². The summed E-state index contributed by atoms with van der Waals surface area (Å²) in [7, 11) is 0. The SMILES string of the molecule is CSc1ccc(C)c(C(=O)NCc2ccc(Oc3ccc(F)cc3)nc2)c1. The number of halogens is 1. The average molecular weight is 382 g/mol. The quantitative estimate of drug-likeness (QED) is 0.612. The van der Waals surface area contributed by atoms with E-state index in [-0.39, 0.29) is 11.7 Å². The molecule has 1 amide bonds. The number of pyridine rings is 1. The maximum absolute atomic E-state index is 12.9. The molecule has 0 spiro atoms. The fraction of sp³-hybridized carbons (Fsp3) is 0.143. The minimum absolute atomic E-state index is 0.116. The number of nitrogens with one attached hydrogen (secondary N) is 1. The summed E-state index contributed by atoms with van der Waals surface area (Å²) >= 11 is 1.60. The summed E-state index contributed by atoms with van der Waals surface area (Å²) in [5, 5.41) is 2.91. The fourth-order valence-electron chi connectivity index (χ4n) is 2.45. The number of rotatable bonds is 6. The monoisotopic (exact) mass is 382 g/mol. The van der Waals surface area contributed by atoms with Gasteiger partial charge in [0.1, 0.15) is 11.6 Å². The van der Waals surface area contributed by atoms with Gasteiger partial charge in [0.15, 0.2) is 0 Å². The standard InChI is InChI=1S/C21H19FN2O2S/c1-14-3-9-18(27-2)11-19(14)21(25)24-13-15-4-10-20(23-12-15)26-17-7-5-16(22)6-8-17/h3-12H,13H2,1-2H3,(H,24,25). The molecule has 0 radical (unpaired) electrons. The molecule has 1 aromatic heterocycles. The highest BCUT2D eigenvalue weighted by atomic mass is 32.2. The highest BCUT2D eigenvalue weighted by molar-refractivity contribution is 7.98. The van der Waals surface area contributed by atoms with Crippen molar-refractivity contribution in [2.75, 3.05) is 6.26 Å². The van der Waals surface area contributed by atoms with Crippen LogP contribution in [0.2, 0.25) is 0 Å². The Hall–Kier alpha value is -2.86. The van der Waals surface area contributed by atoms with Crippen molar-refractivity contribution in [1.82, 2.24) is 10.3 Å². The molecule has 1 N–H and O–H groups in total. The Morgan fingerprint density at radius 3 is 2.59 bits per heavy atom. The van der Waals surface area contributed by atoms with E-state index in [0.717, 1.165) is 16.0 Å². The summed E-state index contributed by atoms with van der Waals surface area (Å²) in [4.78, 5) is 17.7. The second-order valence-electron chi connectivity index (χ2n) is 5.92. The summed E-state index contributed by atoms with van der Waals surface area (Å²) < 4.78 is 18.5. The molecule has 0 saturated carbocycles. The second kappa shape index (κ2) is 8.68. The van der Waals surface area contributed by atoms with Crippen molar-refractivity contribution >= 4 is 17.7 Å². The van der Waals surface area contributed by atoms with Gasteiger partial charge < -0.3 is 10.1 Å². The molecule has 3 aromatic rings. The lowest BCUT2D eigenvalue weighted by Gasteiger charge is -2.10. The smallest absolute Gasteiger partial charge is 0.251 e. The molecule has 0 atom stereocenters. The van der Waals surface area contributed by atoms with Gasteiger partial charge in [-0.1, -0.05) is 12.1 Å². The third-order valence-electron chi connectivity index (χ3n) is 3.98. The molecular formula is C21H19FN2O2S. The first-order valence-corrected chi connectivity index (χ1v) is 9.59. The van der Waals surface area contributed by atoms with Gasteiger partial charge in [-0.15, -0.1) is 11.8 Å². The summed E-state index contributed by atoms with van der Waals surface area (Å²) in [5.41, 5.74) is 2.46. The Morgan fingerprint density at radius 1 is 1.15 bits per heavy atom. The number of carbonyl (C=O) groups is 1. The molecule has 0 saturated heterocycles. The molecule has 0 fully saturated rings. The minimum atomic E-state index is -0.320. The van der Waals surface area contributed by atoms with Crippen LogP contribution in [-0.2, 0) is 6.54 Å².